The highest BCUT2D eigenvalue weighted by Crippen LogP contribution is 2.33. The van der Waals surface area contributed by atoms with Crippen LogP contribution in [0.1, 0.15) is 18.4 Å². The molecule has 2 N–H and O–H groups in total. The highest BCUT2D eigenvalue weighted by atomic mass is 32.2. The van der Waals surface area contributed by atoms with Gasteiger partial charge in [-0.25, -0.2) is 22.9 Å². The number of ether oxygens (including phenoxy) is 1. The fraction of sp³-hybridized carbons (Fsp3) is 0.391. The van der Waals surface area contributed by atoms with Gasteiger partial charge in [-0.3, -0.25) is 19.4 Å². The third kappa shape index (κ3) is 7.08. The SMILES string of the molecule is COC(=O)C1=C(CN2CC(F)(F)CC2C(=O)NSC)NC(c2nccs2)=NC1C.Fc1ccccc1. The minimum absolute atomic E-state index is 0.0543. The van der Waals surface area contributed by atoms with E-state index in [1.54, 1.807) is 43.0 Å². The summed E-state index contributed by atoms with van der Waals surface area (Å²) in [5.74, 6) is -3.82. The Kier molecular flexibility index (Phi) is 9.51. The fourth-order valence-electron chi connectivity index (χ4n) is 3.83. The van der Waals surface area contributed by atoms with Crippen LogP contribution in [-0.4, -0.2) is 72.1 Å². The van der Waals surface area contributed by atoms with Gasteiger partial charge in [-0.2, -0.15) is 0 Å². The number of rotatable bonds is 6. The molecule has 194 valence electrons. The van der Waals surface area contributed by atoms with Gasteiger partial charge >= 0.3 is 5.97 Å². The van der Waals surface area contributed by atoms with Crippen molar-refractivity contribution >= 4 is 41.0 Å². The van der Waals surface area contributed by atoms with Gasteiger partial charge < -0.3 is 10.1 Å². The Morgan fingerprint density at radius 2 is 2.06 bits per heavy atom. The van der Waals surface area contributed by atoms with Crippen LogP contribution in [0.4, 0.5) is 13.2 Å². The highest BCUT2D eigenvalue weighted by molar-refractivity contribution is 7.97. The second kappa shape index (κ2) is 12.4. The zero-order valence-electron chi connectivity index (χ0n) is 19.8. The number of carbonyl (C=O) groups excluding carboxylic acids is 2. The largest absolute Gasteiger partial charge is 0.466 e. The Hall–Kier alpha value is -2.90. The number of aliphatic imine (C=N–C) groups is 1. The molecule has 1 amide bonds. The maximum Gasteiger partial charge on any atom is 0.337 e. The van der Waals surface area contributed by atoms with Gasteiger partial charge in [0, 0.05) is 36.5 Å². The molecule has 3 heterocycles. The van der Waals surface area contributed by atoms with Crippen molar-refractivity contribution in [1.82, 2.24) is 19.9 Å². The topological polar surface area (TPSA) is 95.9 Å². The van der Waals surface area contributed by atoms with Crippen LogP contribution < -0.4 is 10.0 Å². The summed E-state index contributed by atoms with van der Waals surface area (Å²) in [6.07, 6.45) is 2.69. The number of nitrogens with zero attached hydrogens (tertiary/aromatic N) is 3. The number of carbonyl (C=O) groups is 2. The van der Waals surface area contributed by atoms with Gasteiger partial charge in [0.2, 0.25) is 5.91 Å². The van der Waals surface area contributed by atoms with Crippen LogP contribution >= 0.6 is 23.3 Å². The molecular formula is C23H26F3N5O3S2. The first-order chi connectivity index (χ1) is 17.1. The number of amides is 1. The Bertz CT molecular complexity index is 1110. The van der Waals surface area contributed by atoms with E-state index in [9.17, 15) is 22.8 Å². The van der Waals surface area contributed by atoms with Crippen molar-refractivity contribution in [2.45, 2.75) is 31.4 Å². The van der Waals surface area contributed by atoms with E-state index in [4.69, 9.17) is 4.74 Å². The Morgan fingerprint density at radius 1 is 1.33 bits per heavy atom. The summed E-state index contributed by atoms with van der Waals surface area (Å²) < 4.78 is 47.5. The maximum atomic E-state index is 14.1. The number of aromatic nitrogens is 1. The summed E-state index contributed by atoms with van der Waals surface area (Å²) in [5.41, 5.74) is 0.622. The van der Waals surface area contributed by atoms with Gasteiger partial charge in [0.1, 0.15) is 5.82 Å². The predicted octanol–water partition coefficient (Wildman–Crippen LogP) is 3.24. The van der Waals surface area contributed by atoms with Gasteiger partial charge in [-0.15, -0.1) is 11.3 Å². The van der Waals surface area contributed by atoms with E-state index in [-0.39, 0.29) is 17.9 Å². The average Bonchev–Trinajstić information content (AvgIpc) is 3.47. The lowest BCUT2D eigenvalue weighted by Crippen LogP contribution is -2.46. The first-order valence-electron chi connectivity index (χ1n) is 10.9. The number of thiazole rings is 1. The third-order valence-electron chi connectivity index (χ3n) is 5.34. The summed E-state index contributed by atoms with van der Waals surface area (Å²) >= 11 is 2.41. The average molecular weight is 542 g/mol. The molecule has 13 heteroatoms. The van der Waals surface area contributed by atoms with Gasteiger partial charge in [0.05, 0.1) is 31.3 Å². The number of esters is 1. The number of hydrogen-bond donors (Lipinski definition) is 2. The standard InChI is InChI=1S/C17H21F2N5O3S2.C6H5F/c1-9-12(16(26)27-2)10(22-13(21-9)15-20-4-5-29-15)7-24-8-17(18,19)6-11(24)14(25)23-28-3;7-6-4-2-1-3-5-6/h4-5,9,11H,6-8H2,1-3H3,(H,21,22)(H,23,25);1-5H. The molecule has 1 aromatic heterocycles. The van der Waals surface area contributed by atoms with Crippen LogP contribution in [0.5, 0.6) is 0 Å². The number of hydrogen-bond acceptors (Lipinski definition) is 9. The molecule has 2 unspecified atom stereocenters. The molecule has 8 nitrogen and oxygen atoms in total. The van der Waals surface area contributed by atoms with Crippen molar-refractivity contribution in [2.75, 3.05) is 26.5 Å². The zero-order valence-corrected chi connectivity index (χ0v) is 21.5. The lowest BCUT2D eigenvalue weighted by Gasteiger charge is -2.29. The van der Waals surface area contributed by atoms with E-state index < -0.39 is 42.8 Å². The summed E-state index contributed by atoms with van der Waals surface area (Å²) in [6.45, 7) is 1.08. The molecule has 0 radical (unpaired) electrons. The first-order valence-corrected chi connectivity index (χ1v) is 13.0. The second-order valence-electron chi connectivity index (χ2n) is 7.95. The molecule has 2 atom stereocenters. The molecule has 0 spiro atoms. The monoisotopic (exact) mass is 541 g/mol. The van der Waals surface area contributed by atoms with Gasteiger partial charge in [-0.1, -0.05) is 30.1 Å². The Balaban J connectivity index is 0.000000444. The van der Waals surface area contributed by atoms with Crippen LogP contribution in [0, 0.1) is 5.82 Å². The highest BCUT2D eigenvalue weighted by Gasteiger charge is 2.48. The molecule has 0 aliphatic carbocycles. The normalized spacial score (nSPS) is 21.1. The van der Waals surface area contributed by atoms with Gasteiger partial charge in [0.25, 0.3) is 5.92 Å². The smallest absolute Gasteiger partial charge is 0.337 e. The molecule has 2 aromatic rings. The predicted molar refractivity (Wildman–Crippen MR) is 133 cm³/mol. The van der Waals surface area contributed by atoms with Crippen molar-refractivity contribution in [1.29, 1.82) is 0 Å². The van der Waals surface area contributed by atoms with Gasteiger partial charge in [0.15, 0.2) is 10.8 Å². The number of alkyl halides is 2. The van der Waals surface area contributed by atoms with Crippen molar-refractivity contribution < 1.29 is 27.5 Å². The quantitative estimate of drug-likeness (QED) is 0.428. The molecule has 2 aliphatic rings. The van der Waals surface area contributed by atoms with Crippen LogP contribution in [0.3, 0.4) is 0 Å². The zero-order chi connectivity index (χ0) is 26.3. The number of methoxy groups -OCH3 is 1. The van der Waals surface area contributed by atoms with Crippen LogP contribution in [0.25, 0.3) is 0 Å². The minimum Gasteiger partial charge on any atom is -0.466 e. The summed E-state index contributed by atoms with van der Waals surface area (Å²) in [7, 11) is 1.25. The number of amidine groups is 1. The van der Waals surface area contributed by atoms with Crippen molar-refractivity contribution in [3.8, 4) is 0 Å². The second-order valence-corrected chi connectivity index (χ2v) is 9.45. The lowest BCUT2D eigenvalue weighted by molar-refractivity contribution is -0.136. The van der Waals surface area contributed by atoms with E-state index in [1.807, 2.05) is 0 Å². The molecule has 36 heavy (non-hydrogen) atoms. The van der Waals surface area contributed by atoms with E-state index in [0.717, 1.165) is 11.9 Å². The van der Waals surface area contributed by atoms with Crippen LogP contribution in [0.15, 0.2) is 58.2 Å². The van der Waals surface area contributed by atoms with Crippen molar-refractivity contribution in [2.24, 2.45) is 4.99 Å². The molecule has 1 saturated heterocycles. The molecule has 0 bridgehead atoms. The maximum absolute atomic E-state index is 14.1. The van der Waals surface area contributed by atoms with Crippen molar-refractivity contribution in [3.05, 3.63) is 64.0 Å². The minimum atomic E-state index is -3.00. The summed E-state index contributed by atoms with van der Waals surface area (Å²) in [4.78, 5) is 34.7. The number of likely N-dealkylation sites (tertiary alicyclic amines) is 1. The van der Waals surface area contributed by atoms with E-state index in [2.05, 4.69) is 20.0 Å². The summed E-state index contributed by atoms with van der Waals surface area (Å²) in [6, 6.07) is 6.37. The Morgan fingerprint density at radius 3 is 2.61 bits per heavy atom. The molecule has 0 saturated carbocycles. The van der Waals surface area contributed by atoms with Gasteiger partial charge in [-0.05, 0) is 19.1 Å². The van der Waals surface area contributed by atoms with E-state index in [0.29, 0.717) is 16.5 Å². The first kappa shape index (κ1) is 27.7. The van der Waals surface area contributed by atoms with Crippen molar-refractivity contribution in [3.63, 3.8) is 0 Å². The summed E-state index contributed by atoms with van der Waals surface area (Å²) in [5, 5.41) is 5.45. The molecule has 4 rings (SSSR count). The molecule has 1 aromatic carbocycles. The van der Waals surface area contributed by atoms with Crippen LogP contribution in [0.2, 0.25) is 0 Å². The molecule has 2 aliphatic heterocycles. The molecular weight excluding hydrogens is 515 g/mol. The number of halogens is 3. The van der Waals surface area contributed by atoms with E-state index in [1.165, 1.54) is 35.5 Å². The third-order valence-corrected chi connectivity index (χ3v) is 6.53. The number of benzene rings is 1. The van der Waals surface area contributed by atoms with E-state index >= 15 is 0 Å². The van der Waals surface area contributed by atoms with Crippen LogP contribution in [-0.2, 0) is 14.3 Å². The fourth-order valence-corrected chi connectivity index (χ4v) is 4.75. The lowest BCUT2D eigenvalue weighted by atomic mass is 10.0. The number of nitrogens with one attached hydrogen (secondary N) is 2. The molecule has 1 fully saturated rings. The Labute approximate surface area is 215 Å².